The fourth-order valence-electron chi connectivity index (χ4n) is 2.59. The molecule has 0 aliphatic carbocycles. The summed E-state index contributed by atoms with van der Waals surface area (Å²) in [5.41, 5.74) is 2.75. The Kier molecular flexibility index (Phi) is 5.96. The number of nitrogens with one attached hydrogen (secondary N) is 1. The lowest BCUT2D eigenvalue weighted by Crippen LogP contribution is -2.13. The third kappa shape index (κ3) is 4.95. The molecule has 2 heterocycles. The van der Waals surface area contributed by atoms with Gasteiger partial charge >= 0.3 is 0 Å². The Morgan fingerprint density at radius 1 is 1.23 bits per heavy atom. The van der Waals surface area contributed by atoms with Crippen molar-refractivity contribution in [2.75, 3.05) is 11.1 Å². The molecule has 0 saturated carbocycles. The molecule has 0 spiro atoms. The van der Waals surface area contributed by atoms with Crippen molar-refractivity contribution in [1.82, 2.24) is 15.2 Å². The number of carbonyl (C=O) groups is 1. The zero-order valence-corrected chi connectivity index (χ0v) is 17.8. The number of ether oxygens (including phenoxy) is 1. The van der Waals surface area contributed by atoms with Crippen molar-refractivity contribution in [3.63, 3.8) is 0 Å². The van der Waals surface area contributed by atoms with E-state index in [0.717, 1.165) is 28.6 Å². The molecule has 0 aliphatic heterocycles. The molecular formula is C20H17FN4O3S2. The molecule has 0 bridgehead atoms. The van der Waals surface area contributed by atoms with Crippen molar-refractivity contribution in [3.05, 3.63) is 59.2 Å². The number of hydrogen-bond acceptors (Lipinski definition) is 8. The molecule has 0 radical (unpaired) electrons. The van der Waals surface area contributed by atoms with E-state index in [1.54, 1.807) is 6.07 Å². The van der Waals surface area contributed by atoms with Crippen molar-refractivity contribution >= 4 is 44.4 Å². The largest absolute Gasteiger partial charge is 0.484 e. The van der Waals surface area contributed by atoms with Gasteiger partial charge in [-0.25, -0.2) is 9.37 Å². The Bertz CT molecular complexity index is 1210. The van der Waals surface area contributed by atoms with Crippen molar-refractivity contribution in [2.45, 2.75) is 25.7 Å². The molecule has 30 heavy (non-hydrogen) atoms. The smallest absolute Gasteiger partial charge is 0.277 e. The number of hydrogen-bond donors (Lipinski definition) is 1. The Morgan fingerprint density at radius 2 is 2.10 bits per heavy atom. The van der Waals surface area contributed by atoms with Crippen LogP contribution in [0, 0.1) is 19.7 Å². The average Bonchev–Trinajstić information content (AvgIpc) is 3.33. The number of fused-ring (bicyclic) bond motifs is 1. The summed E-state index contributed by atoms with van der Waals surface area (Å²) in [5, 5.41) is 11.2. The number of benzene rings is 2. The molecule has 154 valence electrons. The number of nitrogens with zero attached hydrogens (tertiary/aromatic N) is 3. The maximum Gasteiger partial charge on any atom is 0.277 e. The van der Waals surface area contributed by atoms with Gasteiger partial charge in [0.25, 0.3) is 11.1 Å². The van der Waals surface area contributed by atoms with Gasteiger partial charge in [-0.3, -0.25) is 4.79 Å². The van der Waals surface area contributed by atoms with Gasteiger partial charge in [0.2, 0.25) is 5.91 Å². The second kappa shape index (κ2) is 8.80. The van der Waals surface area contributed by atoms with Gasteiger partial charge in [-0.05, 0) is 49.2 Å². The Balaban J connectivity index is 1.29. The lowest BCUT2D eigenvalue weighted by Gasteiger charge is -2.07. The number of amides is 1. The third-order valence-corrected chi connectivity index (χ3v) is 5.82. The molecule has 7 nitrogen and oxygen atoms in total. The van der Waals surface area contributed by atoms with E-state index in [1.165, 1.54) is 23.5 Å². The van der Waals surface area contributed by atoms with E-state index < -0.39 is 0 Å². The van der Waals surface area contributed by atoms with E-state index in [9.17, 15) is 9.18 Å². The van der Waals surface area contributed by atoms with Gasteiger partial charge < -0.3 is 14.5 Å². The molecule has 0 atom stereocenters. The predicted octanol–water partition coefficient (Wildman–Crippen LogP) is 4.75. The van der Waals surface area contributed by atoms with Gasteiger partial charge in [0.15, 0.2) is 11.7 Å². The van der Waals surface area contributed by atoms with Crippen molar-refractivity contribution in [2.24, 2.45) is 0 Å². The lowest BCUT2D eigenvalue weighted by atomic mass is 10.1. The summed E-state index contributed by atoms with van der Waals surface area (Å²) in [7, 11) is 0. The van der Waals surface area contributed by atoms with Crippen LogP contribution in [0.15, 0.2) is 46.0 Å². The van der Waals surface area contributed by atoms with Crippen LogP contribution >= 0.6 is 23.1 Å². The molecule has 0 unspecified atom stereocenters. The maximum atomic E-state index is 13.3. The van der Waals surface area contributed by atoms with E-state index in [1.807, 2.05) is 32.0 Å². The van der Waals surface area contributed by atoms with Crippen LogP contribution in [0.1, 0.15) is 17.0 Å². The SMILES string of the molecule is Cc1ccc(C)c(OCc2nnc(SCC(=O)Nc3nc4ccc(F)cc4s3)o2)c1. The van der Waals surface area contributed by atoms with Crippen molar-refractivity contribution in [3.8, 4) is 5.75 Å². The molecular weight excluding hydrogens is 427 g/mol. The maximum absolute atomic E-state index is 13.3. The Labute approximate surface area is 179 Å². The van der Waals surface area contributed by atoms with Gasteiger partial charge in [-0.15, -0.1) is 10.2 Å². The lowest BCUT2D eigenvalue weighted by molar-refractivity contribution is -0.113. The summed E-state index contributed by atoms with van der Waals surface area (Å²) in [6, 6.07) is 10.2. The fraction of sp³-hybridized carbons (Fsp3) is 0.200. The van der Waals surface area contributed by atoms with Gasteiger partial charge in [0, 0.05) is 0 Å². The topological polar surface area (TPSA) is 90.1 Å². The number of aryl methyl sites for hydroxylation is 2. The third-order valence-electron chi connectivity index (χ3n) is 4.07. The first-order valence-corrected chi connectivity index (χ1v) is 10.8. The normalized spacial score (nSPS) is 11.0. The van der Waals surface area contributed by atoms with E-state index in [-0.39, 0.29) is 29.3 Å². The number of rotatable bonds is 7. The molecule has 10 heteroatoms. The number of halogens is 1. The monoisotopic (exact) mass is 444 g/mol. The summed E-state index contributed by atoms with van der Waals surface area (Å²) < 4.78 is 25.2. The highest BCUT2D eigenvalue weighted by Gasteiger charge is 2.13. The van der Waals surface area contributed by atoms with Gasteiger partial charge in [0.1, 0.15) is 11.6 Å². The predicted molar refractivity (Wildman–Crippen MR) is 113 cm³/mol. The molecule has 0 aliphatic rings. The minimum Gasteiger partial charge on any atom is -0.484 e. The Hall–Kier alpha value is -2.98. The average molecular weight is 445 g/mol. The molecule has 0 fully saturated rings. The van der Waals surface area contributed by atoms with Crippen LogP contribution in [0.25, 0.3) is 10.2 Å². The van der Waals surface area contributed by atoms with Crippen molar-refractivity contribution in [1.29, 1.82) is 0 Å². The second-order valence-corrected chi connectivity index (χ2v) is 8.44. The number of thioether (sulfide) groups is 1. The number of anilines is 1. The van der Waals surface area contributed by atoms with Crippen LogP contribution in [0.4, 0.5) is 9.52 Å². The quantitative estimate of drug-likeness (QED) is 0.412. The first-order valence-electron chi connectivity index (χ1n) is 8.97. The highest BCUT2D eigenvalue weighted by atomic mass is 32.2. The van der Waals surface area contributed by atoms with Crippen LogP contribution < -0.4 is 10.1 Å². The molecule has 4 aromatic rings. The molecule has 0 saturated heterocycles. The first kappa shape index (κ1) is 20.3. The van der Waals surface area contributed by atoms with Crippen molar-refractivity contribution < 1.29 is 18.3 Å². The highest BCUT2D eigenvalue weighted by molar-refractivity contribution is 7.99. The highest BCUT2D eigenvalue weighted by Crippen LogP contribution is 2.27. The minimum absolute atomic E-state index is 0.0732. The van der Waals surface area contributed by atoms with Crippen LogP contribution in [-0.4, -0.2) is 26.8 Å². The molecule has 2 aromatic heterocycles. The zero-order chi connectivity index (χ0) is 21.1. The summed E-state index contributed by atoms with van der Waals surface area (Å²) in [4.78, 5) is 16.4. The van der Waals surface area contributed by atoms with Gasteiger partial charge in [-0.1, -0.05) is 35.2 Å². The van der Waals surface area contributed by atoms with E-state index >= 15 is 0 Å². The van der Waals surface area contributed by atoms with E-state index in [0.29, 0.717) is 21.2 Å². The van der Waals surface area contributed by atoms with Gasteiger partial charge in [0.05, 0.1) is 16.0 Å². The first-order chi connectivity index (χ1) is 14.5. The van der Waals surface area contributed by atoms with Crippen LogP contribution in [-0.2, 0) is 11.4 Å². The summed E-state index contributed by atoms with van der Waals surface area (Å²) >= 11 is 2.33. The molecule has 4 rings (SSSR count). The van der Waals surface area contributed by atoms with E-state index in [2.05, 4.69) is 20.5 Å². The second-order valence-electron chi connectivity index (χ2n) is 6.49. The van der Waals surface area contributed by atoms with Crippen LogP contribution in [0.3, 0.4) is 0 Å². The molecule has 2 aromatic carbocycles. The summed E-state index contributed by atoms with van der Waals surface area (Å²) in [6.07, 6.45) is 0. The standard InChI is InChI=1S/C20H17FN4O3S2/c1-11-3-4-12(2)15(7-11)27-9-18-24-25-20(28-18)29-10-17(26)23-19-22-14-6-5-13(21)8-16(14)30-19/h3-8H,9-10H2,1-2H3,(H,22,23,26). The molecule has 1 N–H and O–H groups in total. The van der Waals surface area contributed by atoms with Crippen LogP contribution in [0.5, 0.6) is 5.75 Å². The molecule has 1 amide bonds. The zero-order valence-electron chi connectivity index (χ0n) is 16.1. The summed E-state index contributed by atoms with van der Waals surface area (Å²) in [6.45, 7) is 4.10. The summed E-state index contributed by atoms with van der Waals surface area (Å²) in [5.74, 6) is 0.549. The number of carbonyl (C=O) groups excluding carboxylic acids is 1. The number of thiazole rings is 1. The minimum atomic E-state index is -0.340. The van der Waals surface area contributed by atoms with Gasteiger partial charge in [-0.2, -0.15) is 0 Å². The number of aromatic nitrogens is 3. The Morgan fingerprint density at radius 3 is 2.97 bits per heavy atom. The fourth-order valence-corrected chi connectivity index (χ4v) is 4.08. The van der Waals surface area contributed by atoms with E-state index in [4.69, 9.17) is 9.15 Å². The van der Waals surface area contributed by atoms with Crippen LogP contribution in [0.2, 0.25) is 0 Å².